The van der Waals surface area contributed by atoms with E-state index >= 15 is 0 Å². The minimum absolute atomic E-state index is 0.0624. The van der Waals surface area contributed by atoms with Gasteiger partial charge in [0.05, 0.1) is 35.1 Å². The average Bonchev–Trinajstić information content (AvgIpc) is 3.19. The number of nitrogens with one attached hydrogen (secondary N) is 2. The average molecular weight is 637 g/mol. The van der Waals surface area contributed by atoms with Gasteiger partial charge < -0.3 is 15.5 Å². The zero-order valence-electron chi connectivity index (χ0n) is 22.4. The lowest BCUT2D eigenvalue weighted by atomic mass is 10.0. The number of rotatable bonds is 5. The van der Waals surface area contributed by atoms with Crippen molar-refractivity contribution in [2.24, 2.45) is 5.92 Å². The van der Waals surface area contributed by atoms with Crippen molar-refractivity contribution in [3.63, 3.8) is 0 Å². The molecular formula is C25H20F9N7O3. The second-order valence-electron chi connectivity index (χ2n) is 10.4. The number of pyridine rings is 1. The first-order valence-corrected chi connectivity index (χ1v) is 12.7. The summed E-state index contributed by atoms with van der Waals surface area (Å²) >= 11 is 0. The third-order valence-electron chi connectivity index (χ3n) is 7.27. The number of hydrogen-bond acceptors (Lipinski definition) is 6. The number of aryl methyl sites for hydroxylation is 2. The minimum Gasteiger partial charge on any atom is -0.344 e. The minimum atomic E-state index is -5.44. The molecule has 5 rings (SSSR count). The summed E-state index contributed by atoms with van der Waals surface area (Å²) in [6.45, 7) is 1.82. The van der Waals surface area contributed by atoms with E-state index in [9.17, 15) is 53.9 Å². The second-order valence-corrected chi connectivity index (χ2v) is 10.4. The molecule has 2 aliphatic rings. The fourth-order valence-corrected chi connectivity index (χ4v) is 4.96. The van der Waals surface area contributed by atoms with E-state index in [1.807, 2.05) is 0 Å². The Kier molecular flexibility index (Phi) is 7.27. The molecule has 2 fully saturated rings. The molecule has 236 valence electrons. The fourth-order valence-electron chi connectivity index (χ4n) is 4.96. The Morgan fingerprint density at radius 1 is 1.02 bits per heavy atom. The monoisotopic (exact) mass is 637 g/mol. The summed E-state index contributed by atoms with van der Waals surface area (Å²) in [5.74, 6) is -10.3. The Balaban J connectivity index is 1.49. The highest BCUT2D eigenvalue weighted by Gasteiger charge is 2.63. The molecule has 19 heteroatoms. The van der Waals surface area contributed by atoms with Crippen LogP contribution in [-0.2, 0) is 15.8 Å². The van der Waals surface area contributed by atoms with Crippen LogP contribution in [0.5, 0.6) is 0 Å². The van der Waals surface area contributed by atoms with Crippen LogP contribution >= 0.6 is 0 Å². The van der Waals surface area contributed by atoms with Crippen molar-refractivity contribution in [2.75, 3.05) is 18.4 Å². The summed E-state index contributed by atoms with van der Waals surface area (Å²) in [6.07, 6.45) is -12.5. The number of likely N-dealkylation sites (tertiary alicyclic amines) is 1. The lowest BCUT2D eigenvalue weighted by Crippen LogP contribution is -2.42. The summed E-state index contributed by atoms with van der Waals surface area (Å²) in [7, 11) is 0. The van der Waals surface area contributed by atoms with E-state index in [-0.39, 0.29) is 28.2 Å². The molecule has 3 amide bonds. The van der Waals surface area contributed by atoms with E-state index in [1.165, 1.54) is 19.2 Å². The number of hydrogen-bond donors (Lipinski definition) is 2. The standard InChI is InChI=1S/C25H20F9N7O3/c1-9-11(17-4-13(24(29,30)31)18-19(35-8-36-41(17)18)39-22(44)25(32,33)34)3-12(10(2)37-9)20(42)38-16-7-40(6-15(16)26)21(43)14-5-23(14,27)28/h3-4,8,14-16H,5-7H2,1-2H3,(H,38,42)(H,35,36,39,44)/t14?,15-,16+/m0/s1. The predicted octanol–water partition coefficient (Wildman–Crippen LogP) is 3.86. The summed E-state index contributed by atoms with van der Waals surface area (Å²) in [4.78, 5) is 45.4. The maximum Gasteiger partial charge on any atom is 0.471 e. The van der Waals surface area contributed by atoms with Gasteiger partial charge in [0.2, 0.25) is 5.91 Å². The molecule has 0 aromatic carbocycles. The van der Waals surface area contributed by atoms with Gasteiger partial charge in [-0.25, -0.2) is 22.7 Å². The largest absolute Gasteiger partial charge is 0.471 e. The molecule has 3 aromatic rings. The van der Waals surface area contributed by atoms with Crippen LogP contribution in [0.1, 0.15) is 33.7 Å². The van der Waals surface area contributed by atoms with Gasteiger partial charge in [0.15, 0.2) is 5.82 Å². The number of amides is 3. The van der Waals surface area contributed by atoms with E-state index in [2.05, 4.69) is 20.4 Å². The molecule has 3 aromatic heterocycles. The molecular weight excluding hydrogens is 617 g/mol. The van der Waals surface area contributed by atoms with Crippen LogP contribution in [0.2, 0.25) is 0 Å². The smallest absolute Gasteiger partial charge is 0.344 e. The Labute approximate surface area is 240 Å². The number of fused-ring (bicyclic) bond motifs is 1. The number of alkyl halides is 9. The van der Waals surface area contributed by atoms with E-state index in [0.29, 0.717) is 16.9 Å². The Bertz CT molecular complexity index is 1690. The highest BCUT2D eigenvalue weighted by atomic mass is 19.4. The summed E-state index contributed by atoms with van der Waals surface area (Å²) in [5.41, 5.74) is -3.15. The van der Waals surface area contributed by atoms with Gasteiger partial charge in [0.25, 0.3) is 11.8 Å². The van der Waals surface area contributed by atoms with Gasteiger partial charge in [-0.2, -0.15) is 31.4 Å². The molecule has 0 bridgehead atoms. The van der Waals surface area contributed by atoms with E-state index in [4.69, 9.17) is 0 Å². The lowest BCUT2D eigenvalue weighted by Gasteiger charge is -2.18. The Morgan fingerprint density at radius 3 is 2.27 bits per heavy atom. The highest BCUT2D eigenvalue weighted by Crippen LogP contribution is 2.50. The molecule has 1 aliphatic heterocycles. The van der Waals surface area contributed by atoms with Crippen molar-refractivity contribution in [2.45, 2.75) is 50.8 Å². The normalized spacial score (nSPS) is 21.4. The maximum absolute atomic E-state index is 14.7. The first-order chi connectivity index (χ1) is 20.3. The lowest BCUT2D eigenvalue weighted by molar-refractivity contribution is -0.167. The van der Waals surface area contributed by atoms with Gasteiger partial charge in [-0.1, -0.05) is 0 Å². The van der Waals surface area contributed by atoms with Crippen LogP contribution in [0.25, 0.3) is 16.8 Å². The second kappa shape index (κ2) is 10.3. The van der Waals surface area contributed by atoms with Crippen LogP contribution in [0.4, 0.5) is 45.3 Å². The van der Waals surface area contributed by atoms with Crippen molar-refractivity contribution >= 4 is 29.1 Å². The van der Waals surface area contributed by atoms with Gasteiger partial charge in [-0.15, -0.1) is 0 Å². The quantitative estimate of drug-likeness (QED) is 0.410. The zero-order valence-corrected chi connectivity index (χ0v) is 22.4. The molecule has 3 atom stereocenters. The number of aromatic nitrogens is 4. The van der Waals surface area contributed by atoms with Gasteiger partial charge in [-0.3, -0.25) is 19.4 Å². The van der Waals surface area contributed by atoms with Crippen molar-refractivity contribution in [1.82, 2.24) is 29.8 Å². The van der Waals surface area contributed by atoms with Crippen LogP contribution in [0.15, 0.2) is 18.5 Å². The van der Waals surface area contributed by atoms with Crippen molar-refractivity contribution < 1.29 is 53.9 Å². The third kappa shape index (κ3) is 5.61. The highest BCUT2D eigenvalue weighted by molar-refractivity contribution is 5.99. The molecule has 0 spiro atoms. The molecule has 44 heavy (non-hydrogen) atoms. The zero-order chi connectivity index (χ0) is 32.5. The van der Waals surface area contributed by atoms with Crippen LogP contribution in [0.3, 0.4) is 0 Å². The number of halogens is 9. The fraction of sp³-hybridized carbons (Fsp3) is 0.440. The molecule has 0 radical (unpaired) electrons. The number of carbonyl (C=O) groups excluding carboxylic acids is 3. The number of nitrogens with zero attached hydrogens (tertiary/aromatic N) is 5. The van der Waals surface area contributed by atoms with Gasteiger partial charge >= 0.3 is 18.3 Å². The van der Waals surface area contributed by atoms with Gasteiger partial charge in [0.1, 0.15) is 23.9 Å². The summed E-state index contributed by atoms with van der Waals surface area (Å²) in [6, 6.07) is 0.349. The molecule has 2 N–H and O–H groups in total. The van der Waals surface area contributed by atoms with E-state index < -0.39 is 90.5 Å². The number of carbonyl (C=O) groups is 3. The van der Waals surface area contributed by atoms with E-state index in [1.54, 1.807) is 0 Å². The molecule has 1 aliphatic carbocycles. The molecule has 1 saturated carbocycles. The first kappa shape index (κ1) is 31.0. The molecule has 1 saturated heterocycles. The Morgan fingerprint density at radius 2 is 1.68 bits per heavy atom. The van der Waals surface area contributed by atoms with Crippen molar-refractivity contribution in [1.29, 1.82) is 0 Å². The first-order valence-electron chi connectivity index (χ1n) is 12.7. The van der Waals surface area contributed by atoms with Crippen LogP contribution in [-0.4, -0.2) is 79.6 Å². The van der Waals surface area contributed by atoms with Gasteiger partial charge in [-0.05, 0) is 26.0 Å². The van der Waals surface area contributed by atoms with Crippen LogP contribution < -0.4 is 10.6 Å². The topological polar surface area (TPSA) is 122 Å². The molecule has 1 unspecified atom stereocenters. The number of anilines is 1. The SMILES string of the molecule is Cc1nc(C)c(-c2cc(C(F)(F)F)c3c(NC(=O)C(F)(F)F)ncnn23)cc1C(=O)N[C@@H]1CN(C(=O)C2CC2(F)F)C[C@@H]1F. The predicted molar refractivity (Wildman–Crippen MR) is 131 cm³/mol. The molecule has 10 nitrogen and oxygen atoms in total. The third-order valence-corrected chi connectivity index (χ3v) is 7.27. The molecule has 4 heterocycles. The Hall–Kier alpha value is -4.45. The maximum atomic E-state index is 14.7. The summed E-state index contributed by atoms with van der Waals surface area (Å²) in [5, 5.41) is 7.38. The van der Waals surface area contributed by atoms with Gasteiger partial charge in [0, 0.05) is 24.2 Å². The van der Waals surface area contributed by atoms with Crippen molar-refractivity contribution in [3.8, 4) is 11.3 Å². The van der Waals surface area contributed by atoms with E-state index in [0.717, 1.165) is 11.0 Å². The van der Waals surface area contributed by atoms with Crippen molar-refractivity contribution in [3.05, 3.63) is 41.0 Å². The summed E-state index contributed by atoms with van der Waals surface area (Å²) < 4.78 is 123. The van der Waals surface area contributed by atoms with Crippen LogP contribution in [0, 0.1) is 19.8 Å².